The van der Waals surface area contributed by atoms with Crippen molar-refractivity contribution in [3.63, 3.8) is 0 Å². The van der Waals surface area contributed by atoms with Gasteiger partial charge in [0.2, 0.25) is 10.0 Å². The molecule has 4 aromatic carbocycles. The number of fused-ring (bicyclic) bond motifs is 1. The summed E-state index contributed by atoms with van der Waals surface area (Å²) in [5.74, 6) is 3.29. The van der Waals surface area contributed by atoms with E-state index in [-0.39, 0.29) is 11.2 Å². The highest BCUT2D eigenvalue weighted by atomic mass is 32.2. The molecule has 4 nitrogen and oxygen atoms in total. The van der Waals surface area contributed by atoms with E-state index in [1.165, 1.54) is 0 Å². The Bertz CT molecular complexity index is 1520. The summed E-state index contributed by atoms with van der Waals surface area (Å²) >= 11 is 0. The minimum atomic E-state index is -3.63. The lowest BCUT2D eigenvalue weighted by Gasteiger charge is -2.21. The van der Waals surface area contributed by atoms with Crippen molar-refractivity contribution in [3.8, 4) is 28.8 Å². The molecule has 0 saturated carbocycles. The van der Waals surface area contributed by atoms with Gasteiger partial charge in [0.1, 0.15) is 5.75 Å². The van der Waals surface area contributed by atoms with E-state index in [4.69, 9.17) is 0 Å². The molecule has 0 aliphatic carbocycles. The number of nitrogens with zero attached hydrogens (tertiary/aromatic N) is 1. The molecule has 34 heavy (non-hydrogen) atoms. The number of aromatic hydroxyl groups is 1. The molecule has 1 N–H and O–H groups in total. The van der Waals surface area contributed by atoms with Crippen LogP contribution in [0.2, 0.25) is 0 Å². The Kier molecular flexibility index (Phi) is 6.12. The third kappa shape index (κ3) is 4.78. The second kappa shape index (κ2) is 8.89. The fourth-order valence-corrected chi connectivity index (χ4v) is 4.61. The summed E-state index contributed by atoms with van der Waals surface area (Å²) in [6.45, 7) is 6.33. The molecule has 0 spiro atoms. The Morgan fingerprint density at radius 2 is 1.38 bits per heavy atom. The zero-order valence-electron chi connectivity index (χ0n) is 19.7. The van der Waals surface area contributed by atoms with Crippen molar-refractivity contribution in [1.29, 1.82) is 0 Å². The summed E-state index contributed by atoms with van der Waals surface area (Å²) in [5, 5.41) is 11.9. The normalized spacial score (nSPS) is 11.6. The predicted octanol–water partition coefficient (Wildman–Crippen LogP) is 6.29. The van der Waals surface area contributed by atoms with Gasteiger partial charge in [-0.2, -0.15) is 4.31 Å². The van der Waals surface area contributed by atoms with Crippen molar-refractivity contribution in [2.24, 2.45) is 0 Å². The summed E-state index contributed by atoms with van der Waals surface area (Å²) < 4.78 is 26.3. The van der Waals surface area contributed by atoms with Crippen LogP contribution in [0.25, 0.3) is 21.9 Å². The van der Waals surface area contributed by atoms with E-state index in [2.05, 4.69) is 32.7 Å². The van der Waals surface area contributed by atoms with Gasteiger partial charge in [0.25, 0.3) is 0 Å². The van der Waals surface area contributed by atoms with E-state index < -0.39 is 10.0 Å². The number of rotatable bonds is 3. The quantitative estimate of drug-likeness (QED) is 0.284. The minimum Gasteiger partial charge on any atom is -0.507 e. The molecular formula is C29H27NO3S. The van der Waals surface area contributed by atoms with E-state index in [1.807, 2.05) is 66.7 Å². The van der Waals surface area contributed by atoms with E-state index in [0.29, 0.717) is 11.3 Å². The fraction of sp³-hybridized carbons (Fsp3) is 0.172. The van der Waals surface area contributed by atoms with E-state index >= 15 is 0 Å². The molecule has 172 valence electrons. The molecule has 0 atom stereocenters. The SMILES string of the molecule is CC(C)(C)c1ccc(N(C#Cc2ccccc2-c2ccc(O)c3ccccc23)S(C)(=O)=O)cc1. The molecule has 0 aliphatic heterocycles. The first-order chi connectivity index (χ1) is 16.1. The highest BCUT2D eigenvalue weighted by molar-refractivity contribution is 7.92. The summed E-state index contributed by atoms with van der Waals surface area (Å²) in [7, 11) is -3.63. The molecule has 0 heterocycles. The smallest absolute Gasteiger partial charge is 0.243 e. The molecule has 0 unspecified atom stereocenters. The molecule has 4 rings (SSSR count). The van der Waals surface area contributed by atoms with Gasteiger partial charge in [-0.15, -0.1) is 0 Å². The topological polar surface area (TPSA) is 57.6 Å². The predicted molar refractivity (Wildman–Crippen MR) is 140 cm³/mol. The van der Waals surface area contributed by atoms with Crippen LogP contribution in [0.15, 0.2) is 84.9 Å². The fourth-order valence-electron chi connectivity index (χ4n) is 3.89. The first kappa shape index (κ1) is 23.4. The van der Waals surface area contributed by atoms with Gasteiger partial charge in [-0.25, -0.2) is 8.42 Å². The maximum atomic E-state index is 12.6. The van der Waals surface area contributed by atoms with Gasteiger partial charge in [0.05, 0.1) is 11.9 Å². The average Bonchev–Trinajstić information content (AvgIpc) is 2.79. The van der Waals surface area contributed by atoms with Gasteiger partial charge in [0, 0.05) is 17.0 Å². The van der Waals surface area contributed by atoms with Crippen molar-refractivity contribution in [3.05, 3.63) is 96.1 Å². The average molecular weight is 470 g/mol. The van der Waals surface area contributed by atoms with Gasteiger partial charge in [-0.05, 0) is 57.7 Å². The molecule has 5 heteroatoms. The maximum absolute atomic E-state index is 12.6. The summed E-state index contributed by atoms with van der Waals surface area (Å²) in [5.41, 5.74) is 4.05. The number of hydrogen-bond acceptors (Lipinski definition) is 3. The zero-order valence-corrected chi connectivity index (χ0v) is 20.5. The maximum Gasteiger partial charge on any atom is 0.243 e. The van der Waals surface area contributed by atoms with E-state index in [0.717, 1.165) is 38.0 Å². The van der Waals surface area contributed by atoms with Crippen LogP contribution in [0.4, 0.5) is 5.69 Å². The first-order valence-electron chi connectivity index (χ1n) is 11.0. The molecular weight excluding hydrogens is 442 g/mol. The third-order valence-corrected chi connectivity index (χ3v) is 6.68. The van der Waals surface area contributed by atoms with E-state index in [9.17, 15) is 13.5 Å². The highest BCUT2D eigenvalue weighted by Gasteiger charge is 2.18. The summed E-state index contributed by atoms with van der Waals surface area (Å²) in [6.07, 6.45) is 1.15. The Balaban J connectivity index is 1.81. The first-order valence-corrected chi connectivity index (χ1v) is 12.8. The van der Waals surface area contributed by atoms with Gasteiger partial charge < -0.3 is 5.11 Å². The van der Waals surface area contributed by atoms with Crippen LogP contribution in [0.3, 0.4) is 0 Å². The molecule has 0 radical (unpaired) electrons. The number of benzene rings is 4. The third-order valence-electron chi connectivity index (χ3n) is 5.71. The number of phenols is 1. The molecule has 0 saturated heterocycles. The van der Waals surface area contributed by atoms with Crippen molar-refractivity contribution in [2.45, 2.75) is 26.2 Å². The van der Waals surface area contributed by atoms with Crippen LogP contribution >= 0.6 is 0 Å². The summed E-state index contributed by atoms with van der Waals surface area (Å²) in [6, 6.07) is 29.1. The van der Waals surface area contributed by atoms with Gasteiger partial charge >= 0.3 is 0 Å². The zero-order chi connectivity index (χ0) is 24.5. The van der Waals surface area contributed by atoms with Crippen LogP contribution in [-0.2, 0) is 15.4 Å². The highest BCUT2D eigenvalue weighted by Crippen LogP contribution is 2.35. The van der Waals surface area contributed by atoms with Crippen LogP contribution in [0.1, 0.15) is 31.9 Å². The van der Waals surface area contributed by atoms with Crippen molar-refractivity contribution in [2.75, 3.05) is 10.6 Å². The number of phenolic OH excluding ortho intramolecular Hbond substituents is 1. The molecule has 0 amide bonds. The lowest BCUT2D eigenvalue weighted by atomic mass is 9.87. The molecule has 0 bridgehead atoms. The molecule has 0 fully saturated rings. The number of hydrogen-bond donors (Lipinski definition) is 1. The molecule has 0 aliphatic rings. The van der Waals surface area contributed by atoms with Gasteiger partial charge in [0.15, 0.2) is 0 Å². The van der Waals surface area contributed by atoms with Gasteiger partial charge in [-0.3, -0.25) is 0 Å². The molecule has 4 aromatic rings. The summed E-state index contributed by atoms with van der Waals surface area (Å²) in [4.78, 5) is 0. The second-order valence-corrected chi connectivity index (χ2v) is 11.1. The minimum absolute atomic E-state index is 0.0358. The van der Waals surface area contributed by atoms with Crippen LogP contribution in [0, 0.1) is 12.0 Å². The Morgan fingerprint density at radius 1 is 0.765 bits per heavy atom. The number of anilines is 1. The largest absolute Gasteiger partial charge is 0.507 e. The second-order valence-electron chi connectivity index (χ2n) is 9.28. The van der Waals surface area contributed by atoms with Gasteiger partial charge in [-0.1, -0.05) is 81.4 Å². The standard InChI is InChI=1S/C29H27NO3S/c1-29(2,3)22-13-15-23(16-14-22)30(34(4,32)33)20-19-21-9-5-6-10-24(21)26-17-18-28(31)27-12-8-7-11-25(26)27/h5-18,31H,1-4H3. The van der Waals surface area contributed by atoms with Crippen LogP contribution in [-0.4, -0.2) is 19.8 Å². The van der Waals surface area contributed by atoms with Crippen LogP contribution in [0.5, 0.6) is 5.75 Å². The lowest BCUT2D eigenvalue weighted by Crippen LogP contribution is -2.24. The van der Waals surface area contributed by atoms with Crippen LogP contribution < -0.4 is 4.31 Å². The Morgan fingerprint density at radius 3 is 2.03 bits per heavy atom. The Labute approximate surface area is 201 Å². The van der Waals surface area contributed by atoms with Crippen molar-refractivity contribution in [1.82, 2.24) is 0 Å². The van der Waals surface area contributed by atoms with Crippen molar-refractivity contribution < 1.29 is 13.5 Å². The van der Waals surface area contributed by atoms with E-state index in [1.54, 1.807) is 18.2 Å². The Hall–Kier alpha value is -3.75. The lowest BCUT2D eigenvalue weighted by molar-refractivity contribution is 0.481. The molecule has 0 aromatic heterocycles. The van der Waals surface area contributed by atoms with Crippen molar-refractivity contribution >= 4 is 26.5 Å². The number of sulfonamides is 1. The monoisotopic (exact) mass is 469 g/mol.